The van der Waals surface area contributed by atoms with E-state index in [1.165, 1.54) is 37.4 Å². The lowest BCUT2D eigenvalue weighted by Crippen LogP contribution is -2.18. The molecule has 238 valence electrons. The zero-order valence-electron chi connectivity index (χ0n) is 23.3. The lowest BCUT2D eigenvalue weighted by Gasteiger charge is -2.17. The topological polar surface area (TPSA) is 236 Å². The summed E-state index contributed by atoms with van der Waals surface area (Å²) in [5.74, 6) is 0. The van der Waals surface area contributed by atoms with Crippen molar-refractivity contribution in [2.45, 2.75) is 14.7 Å². The highest BCUT2D eigenvalue weighted by Gasteiger charge is 2.26. The van der Waals surface area contributed by atoms with Crippen molar-refractivity contribution in [1.82, 2.24) is 9.55 Å². The highest BCUT2D eigenvalue weighted by Crippen LogP contribution is 2.33. The zero-order chi connectivity index (χ0) is 33.7. The van der Waals surface area contributed by atoms with Crippen molar-refractivity contribution in [1.29, 1.82) is 0 Å². The van der Waals surface area contributed by atoms with Crippen LogP contribution >= 0.6 is 12.0 Å². The summed E-state index contributed by atoms with van der Waals surface area (Å²) in [7, 11) is -8.56. The molecule has 0 bridgehead atoms. The Morgan fingerprint density at radius 1 is 0.681 bits per heavy atom. The van der Waals surface area contributed by atoms with Gasteiger partial charge in [-0.1, -0.05) is 5.04 Å². The van der Waals surface area contributed by atoms with Crippen LogP contribution < -0.4 is 21.7 Å². The number of H-pyrrole nitrogens is 1. The van der Waals surface area contributed by atoms with Gasteiger partial charge in [-0.05, 0) is 54.6 Å². The average molecular weight is 697 g/mol. The minimum atomic E-state index is -5.11. The Morgan fingerprint density at radius 2 is 1.30 bits per heavy atom. The van der Waals surface area contributed by atoms with Crippen LogP contribution in [0.5, 0.6) is 0 Å². The number of hydrogen-bond donors (Lipinski definition) is 4. The molecule has 0 unspecified atom stereocenters. The van der Waals surface area contributed by atoms with Crippen molar-refractivity contribution in [3.8, 4) is 0 Å². The second-order valence-electron chi connectivity index (χ2n) is 10.5. The smallest absolute Gasteiger partial charge is 0.296 e. The van der Waals surface area contributed by atoms with Gasteiger partial charge in [0.05, 0.1) is 49.8 Å². The molecule has 0 spiro atoms. The molecule has 1 aromatic heterocycles. The van der Waals surface area contributed by atoms with Gasteiger partial charge >= 0.3 is 0 Å². The number of fused-ring (bicyclic) bond motifs is 8. The molecule has 0 saturated heterocycles. The maximum atomic E-state index is 14.0. The highest BCUT2D eigenvalue weighted by atomic mass is 32.2. The van der Waals surface area contributed by atoms with Crippen LogP contribution in [0.1, 0.15) is 0 Å². The standard InChI is InChI=1S/C29H16N2O13S3/c1-31-24-19(7-6-15-22(24)29(35)17-9-12(46(37,38)39)3-5-14(17)26(15)32)30-23-21-18(10-20(25(23)31)47(40,41)42)27(33)13-4-2-11(45-44-43-36)8-16(13)28(21)34/h2-10,30,36H,1H3,(H,37,38,39)(H,40,41,42). The number of aromatic amines is 1. The molecule has 0 radical (unpaired) electrons. The molecular weight excluding hydrogens is 681 g/mol. The first-order valence-electron chi connectivity index (χ1n) is 13.1. The average Bonchev–Trinajstić information content (AvgIpc) is 3.02. The van der Waals surface area contributed by atoms with Gasteiger partial charge in [0.15, 0.2) is 21.7 Å². The van der Waals surface area contributed by atoms with Gasteiger partial charge in [0.1, 0.15) is 4.90 Å². The third-order valence-corrected chi connectivity index (χ3v) is 10.3. The van der Waals surface area contributed by atoms with Gasteiger partial charge in [-0.2, -0.15) is 16.8 Å². The number of aryl methyl sites for hydroxylation is 1. The largest absolute Gasteiger partial charge is 0.351 e. The molecule has 15 nitrogen and oxygen atoms in total. The number of benzene rings is 6. The van der Waals surface area contributed by atoms with E-state index in [4.69, 9.17) is 5.26 Å². The van der Waals surface area contributed by atoms with Crippen LogP contribution in [0.25, 0.3) is 65.2 Å². The van der Waals surface area contributed by atoms with Crippen LogP contribution in [0, 0.1) is 0 Å². The number of aromatic nitrogens is 2. The Bertz CT molecular complexity index is 3050. The second kappa shape index (κ2) is 10.4. The first kappa shape index (κ1) is 30.8. The lowest BCUT2D eigenvalue weighted by atomic mass is 9.99. The monoisotopic (exact) mass is 696 g/mol. The first-order valence-corrected chi connectivity index (χ1v) is 16.7. The third-order valence-electron chi connectivity index (χ3n) is 8.01. The molecule has 6 aromatic carbocycles. The van der Waals surface area contributed by atoms with Crippen molar-refractivity contribution < 1.29 is 40.6 Å². The summed E-state index contributed by atoms with van der Waals surface area (Å²) in [6.45, 7) is 0. The molecule has 0 amide bonds. The Balaban J connectivity index is 1.73. The molecule has 7 rings (SSSR count). The predicted octanol–water partition coefficient (Wildman–Crippen LogP) is 3.07. The van der Waals surface area contributed by atoms with E-state index in [0.717, 1.165) is 28.8 Å². The van der Waals surface area contributed by atoms with E-state index in [2.05, 4.69) is 14.4 Å². The van der Waals surface area contributed by atoms with Gasteiger partial charge in [0.2, 0.25) is 0 Å². The predicted molar refractivity (Wildman–Crippen MR) is 171 cm³/mol. The molecule has 0 fully saturated rings. The van der Waals surface area contributed by atoms with Crippen molar-refractivity contribution >= 4 is 97.4 Å². The van der Waals surface area contributed by atoms with E-state index in [1.54, 1.807) is 0 Å². The molecule has 0 saturated carbocycles. The minimum Gasteiger partial charge on any atom is -0.351 e. The van der Waals surface area contributed by atoms with E-state index in [1.807, 2.05) is 0 Å². The molecule has 47 heavy (non-hydrogen) atoms. The van der Waals surface area contributed by atoms with Crippen LogP contribution in [-0.2, 0) is 36.7 Å². The van der Waals surface area contributed by atoms with Gasteiger partial charge < -0.3 is 9.55 Å². The number of nitrogens with zero attached hydrogens (tertiary/aromatic N) is 1. The van der Waals surface area contributed by atoms with Crippen LogP contribution in [0.3, 0.4) is 0 Å². The third kappa shape index (κ3) is 4.53. The van der Waals surface area contributed by atoms with Crippen LogP contribution in [0.2, 0.25) is 0 Å². The summed E-state index contributed by atoms with van der Waals surface area (Å²) in [5, 5.41) is 10.5. The fraction of sp³-hybridized carbons (Fsp3) is 0.0345. The maximum Gasteiger partial charge on any atom is 0.296 e. The molecular formula is C29H16N2O13S3. The van der Waals surface area contributed by atoms with E-state index < -0.39 is 51.7 Å². The Kier molecular flexibility index (Phi) is 6.80. The molecule has 1 heterocycles. The van der Waals surface area contributed by atoms with Crippen molar-refractivity contribution in [2.75, 3.05) is 0 Å². The van der Waals surface area contributed by atoms with Crippen molar-refractivity contribution in [2.24, 2.45) is 7.05 Å². The van der Waals surface area contributed by atoms with Gasteiger partial charge in [0.25, 0.3) is 20.2 Å². The van der Waals surface area contributed by atoms with E-state index in [-0.39, 0.29) is 70.1 Å². The van der Waals surface area contributed by atoms with Gasteiger partial charge in [-0.15, -0.1) is 4.33 Å². The normalized spacial score (nSPS) is 12.8. The number of nitrogens with one attached hydrogen (secondary N) is 1. The Hall–Kier alpha value is -4.79. The summed E-state index contributed by atoms with van der Waals surface area (Å²) >= 11 is 0.536. The fourth-order valence-electron chi connectivity index (χ4n) is 6.06. The summed E-state index contributed by atoms with van der Waals surface area (Å²) < 4.78 is 74.6. The lowest BCUT2D eigenvalue weighted by molar-refractivity contribution is -0.432. The summed E-state index contributed by atoms with van der Waals surface area (Å²) in [6, 6.07) is 10.4. The number of rotatable bonds is 5. The van der Waals surface area contributed by atoms with Gasteiger partial charge in [-0.25, -0.2) is 5.26 Å². The van der Waals surface area contributed by atoms with Crippen LogP contribution in [0.15, 0.2) is 88.5 Å². The fourth-order valence-corrected chi connectivity index (χ4v) is 7.72. The van der Waals surface area contributed by atoms with Gasteiger partial charge in [0, 0.05) is 44.3 Å². The van der Waals surface area contributed by atoms with E-state index in [0.29, 0.717) is 12.0 Å². The second-order valence-corrected chi connectivity index (χ2v) is 14.1. The zero-order valence-corrected chi connectivity index (χ0v) is 25.7. The molecule has 0 aliphatic rings. The van der Waals surface area contributed by atoms with Crippen molar-refractivity contribution in [3.63, 3.8) is 0 Å². The Morgan fingerprint density at radius 3 is 1.96 bits per heavy atom. The van der Waals surface area contributed by atoms with Crippen molar-refractivity contribution in [3.05, 3.63) is 95.5 Å². The molecule has 4 N–H and O–H groups in total. The maximum absolute atomic E-state index is 14.0. The minimum absolute atomic E-state index is 0.0593. The summed E-state index contributed by atoms with van der Waals surface area (Å²) in [6.07, 6.45) is 0. The molecule has 0 atom stereocenters. The van der Waals surface area contributed by atoms with E-state index in [9.17, 15) is 45.1 Å². The molecule has 7 aromatic rings. The first-order chi connectivity index (χ1) is 22.1. The molecule has 18 heteroatoms. The van der Waals surface area contributed by atoms with Crippen LogP contribution in [-0.4, -0.2) is 40.7 Å². The molecule has 0 aliphatic heterocycles. The summed E-state index contributed by atoms with van der Waals surface area (Å²) in [4.78, 5) is 56.8. The highest BCUT2D eigenvalue weighted by molar-refractivity contribution is 7.94. The Labute approximate surface area is 264 Å². The number of hydrogen-bond acceptors (Lipinski definition) is 12. The quantitative estimate of drug-likeness (QED) is 0.0506. The molecule has 0 aliphatic carbocycles. The van der Waals surface area contributed by atoms with Gasteiger partial charge in [-0.3, -0.25) is 28.3 Å². The summed E-state index contributed by atoms with van der Waals surface area (Å²) in [5.41, 5.74) is -3.47. The SMILES string of the molecule is Cn1c2c(S(=O)(=O)O)cc3c(=O)c4ccc(SOOO)cc4c(=O)c3c2[nH]c2ccc3c(=O)c4ccc(S(=O)(=O)O)cc4c(=O)c3c21. The van der Waals surface area contributed by atoms with Crippen LogP contribution in [0.4, 0.5) is 0 Å². The van der Waals surface area contributed by atoms with E-state index >= 15 is 0 Å².